The summed E-state index contributed by atoms with van der Waals surface area (Å²) >= 11 is 0. The molecule has 108 valence electrons. The number of carbonyl (C=O) groups excluding carboxylic acids is 2. The number of amides is 2. The zero-order valence-electron chi connectivity index (χ0n) is 10.3. The Balaban J connectivity index is 0. The van der Waals surface area contributed by atoms with Gasteiger partial charge in [0.05, 0.1) is 0 Å². The van der Waals surface area contributed by atoms with Gasteiger partial charge in [0.1, 0.15) is 0 Å². The van der Waals surface area contributed by atoms with Gasteiger partial charge < -0.3 is 16.4 Å². The third kappa shape index (κ3) is 9.24. The Hall–Kier alpha value is -1.37. The Morgan fingerprint density at radius 2 is 1.74 bits per heavy atom. The van der Waals surface area contributed by atoms with Gasteiger partial charge in [0.25, 0.3) is 0 Å². The van der Waals surface area contributed by atoms with Gasteiger partial charge in [-0.1, -0.05) is 0 Å². The lowest BCUT2D eigenvalue weighted by Crippen LogP contribution is -2.29. The van der Waals surface area contributed by atoms with Crippen molar-refractivity contribution in [2.75, 3.05) is 18.4 Å². The number of carbonyl (C=O) groups is 2. The third-order valence-electron chi connectivity index (χ3n) is 2.01. The minimum Gasteiger partial charge on any atom is -0.356 e. The fourth-order valence-corrected chi connectivity index (χ4v) is 1.19. The zero-order valence-corrected chi connectivity index (χ0v) is 11.9. The maximum Gasteiger partial charge on any atom is 0.226 e. The van der Waals surface area contributed by atoms with E-state index in [1.54, 1.807) is 24.5 Å². The fraction of sp³-hybridized carbons (Fsp3) is 0.364. The third-order valence-corrected chi connectivity index (χ3v) is 2.01. The van der Waals surface area contributed by atoms with Crippen molar-refractivity contribution in [3.05, 3.63) is 24.5 Å². The average Bonchev–Trinajstić information content (AvgIpc) is 2.30. The highest BCUT2D eigenvalue weighted by Crippen LogP contribution is 2.03. The Bertz CT molecular complexity index is 376. The highest BCUT2D eigenvalue weighted by atomic mass is 35.5. The lowest BCUT2D eigenvalue weighted by atomic mass is 10.3. The Morgan fingerprint density at radius 1 is 1.11 bits per heavy atom. The second kappa shape index (κ2) is 11.7. The molecule has 0 spiro atoms. The van der Waals surface area contributed by atoms with Crippen molar-refractivity contribution in [3.8, 4) is 0 Å². The molecular formula is C11H18Cl2N4O2. The van der Waals surface area contributed by atoms with E-state index in [1.807, 2.05) is 0 Å². The van der Waals surface area contributed by atoms with Gasteiger partial charge in [-0.05, 0) is 12.1 Å². The second-order valence-electron chi connectivity index (χ2n) is 3.42. The van der Waals surface area contributed by atoms with Crippen LogP contribution >= 0.6 is 24.8 Å². The molecule has 0 radical (unpaired) electrons. The number of pyridine rings is 1. The van der Waals surface area contributed by atoms with Gasteiger partial charge >= 0.3 is 0 Å². The molecule has 1 aromatic heterocycles. The number of nitrogens with one attached hydrogen (secondary N) is 2. The maximum atomic E-state index is 11.4. The van der Waals surface area contributed by atoms with E-state index in [1.165, 1.54) is 0 Å². The number of nitrogens with two attached hydrogens (primary N) is 1. The van der Waals surface area contributed by atoms with E-state index in [4.69, 9.17) is 5.73 Å². The van der Waals surface area contributed by atoms with Crippen LogP contribution in [0.5, 0.6) is 0 Å². The number of rotatable bonds is 6. The van der Waals surface area contributed by atoms with Crippen LogP contribution in [0.25, 0.3) is 0 Å². The number of nitrogens with zero attached hydrogens (tertiary/aromatic N) is 1. The SMILES string of the molecule is Cl.Cl.NCCC(=O)NCCC(=O)Nc1ccncc1. The van der Waals surface area contributed by atoms with Crippen LogP contribution in [0.2, 0.25) is 0 Å². The van der Waals surface area contributed by atoms with Crippen molar-refractivity contribution in [3.63, 3.8) is 0 Å². The number of hydrogen-bond donors (Lipinski definition) is 3. The summed E-state index contributed by atoms with van der Waals surface area (Å²) in [6.07, 6.45) is 3.71. The number of halogens is 2. The molecule has 0 fully saturated rings. The molecule has 0 aliphatic heterocycles. The maximum absolute atomic E-state index is 11.4. The van der Waals surface area contributed by atoms with Crippen molar-refractivity contribution < 1.29 is 9.59 Å². The van der Waals surface area contributed by atoms with Crippen LogP contribution in [0.3, 0.4) is 0 Å². The van der Waals surface area contributed by atoms with Crippen LogP contribution in [0.15, 0.2) is 24.5 Å². The van der Waals surface area contributed by atoms with Crippen LogP contribution < -0.4 is 16.4 Å². The summed E-state index contributed by atoms with van der Waals surface area (Å²) in [5.74, 6) is -0.284. The van der Waals surface area contributed by atoms with Crippen LogP contribution in [-0.4, -0.2) is 29.9 Å². The molecule has 4 N–H and O–H groups in total. The minimum atomic E-state index is -0.149. The number of hydrogen-bond acceptors (Lipinski definition) is 4. The first-order chi connectivity index (χ1) is 8.22. The summed E-state index contributed by atoms with van der Waals surface area (Å²) in [4.78, 5) is 26.3. The summed E-state index contributed by atoms with van der Waals surface area (Å²) in [5, 5.41) is 5.30. The normalized spacial score (nSPS) is 8.68. The lowest BCUT2D eigenvalue weighted by molar-refractivity contribution is -0.121. The molecule has 0 unspecified atom stereocenters. The molecule has 8 heteroatoms. The van der Waals surface area contributed by atoms with E-state index in [-0.39, 0.29) is 49.5 Å². The van der Waals surface area contributed by atoms with Gasteiger partial charge in [0.2, 0.25) is 11.8 Å². The van der Waals surface area contributed by atoms with Gasteiger partial charge in [-0.3, -0.25) is 14.6 Å². The van der Waals surface area contributed by atoms with Crippen molar-refractivity contribution >= 4 is 42.3 Å². The average molecular weight is 309 g/mol. The summed E-state index contributed by atoms with van der Waals surface area (Å²) < 4.78 is 0. The van der Waals surface area contributed by atoms with E-state index in [0.717, 1.165) is 0 Å². The minimum absolute atomic E-state index is 0. The predicted molar refractivity (Wildman–Crippen MR) is 78.7 cm³/mol. The molecule has 0 saturated carbocycles. The van der Waals surface area contributed by atoms with E-state index in [2.05, 4.69) is 15.6 Å². The van der Waals surface area contributed by atoms with Gasteiger partial charge in [-0.15, -0.1) is 24.8 Å². The number of aromatic nitrogens is 1. The monoisotopic (exact) mass is 308 g/mol. The summed E-state index contributed by atoms with van der Waals surface area (Å²) in [5.41, 5.74) is 5.91. The first-order valence-electron chi connectivity index (χ1n) is 5.39. The molecule has 0 aliphatic rings. The quantitative estimate of drug-likeness (QED) is 0.721. The highest BCUT2D eigenvalue weighted by molar-refractivity contribution is 5.91. The highest BCUT2D eigenvalue weighted by Gasteiger charge is 2.03. The Kier molecular flexibility index (Phi) is 12.3. The summed E-state index contributed by atoms with van der Waals surface area (Å²) in [6, 6.07) is 3.40. The van der Waals surface area contributed by atoms with Gasteiger partial charge in [0, 0.05) is 44.0 Å². The zero-order chi connectivity index (χ0) is 12.5. The van der Waals surface area contributed by atoms with Crippen LogP contribution in [-0.2, 0) is 9.59 Å². The molecule has 0 aromatic carbocycles. The fourth-order valence-electron chi connectivity index (χ4n) is 1.19. The van der Waals surface area contributed by atoms with Gasteiger partial charge in [-0.2, -0.15) is 0 Å². The van der Waals surface area contributed by atoms with E-state index in [9.17, 15) is 9.59 Å². The van der Waals surface area contributed by atoms with Crippen LogP contribution in [0, 0.1) is 0 Å². The molecule has 0 saturated heterocycles. The standard InChI is InChI=1S/C11H16N4O2.2ClH/c12-5-1-10(16)14-8-4-11(17)15-9-2-6-13-7-3-9;;/h2-3,6-7H,1,4-5,8,12H2,(H,14,16)(H,13,15,17);2*1H. The van der Waals surface area contributed by atoms with E-state index < -0.39 is 0 Å². The van der Waals surface area contributed by atoms with Gasteiger partial charge in [-0.25, -0.2) is 0 Å². The van der Waals surface area contributed by atoms with Crippen molar-refractivity contribution in [1.82, 2.24) is 10.3 Å². The topological polar surface area (TPSA) is 97.1 Å². The van der Waals surface area contributed by atoms with Crippen molar-refractivity contribution in [1.29, 1.82) is 0 Å². The largest absolute Gasteiger partial charge is 0.356 e. The Morgan fingerprint density at radius 3 is 2.32 bits per heavy atom. The molecule has 1 rings (SSSR count). The molecular weight excluding hydrogens is 291 g/mol. The molecule has 2 amide bonds. The molecule has 0 aliphatic carbocycles. The second-order valence-corrected chi connectivity index (χ2v) is 3.42. The molecule has 1 heterocycles. The molecule has 6 nitrogen and oxygen atoms in total. The number of anilines is 1. The van der Waals surface area contributed by atoms with Crippen molar-refractivity contribution in [2.45, 2.75) is 12.8 Å². The first-order valence-corrected chi connectivity index (χ1v) is 5.39. The van der Waals surface area contributed by atoms with E-state index >= 15 is 0 Å². The Labute approximate surface area is 124 Å². The van der Waals surface area contributed by atoms with Gasteiger partial charge in [0.15, 0.2) is 0 Å². The van der Waals surface area contributed by atoms with Crippen LogP contribution in [0.1, 0.15) is 12.8 Å². The van der Waals surface area contributed by atoms with E-state index in [0.29, 0.717) is 18.8 Å². The first kappa shape index (κ1) is 20.0. The predicted octanol–water partition coefficient (Wildman–Crippen LogP) is 0.719. The van der Waals surface area contributed by atoms with Crippen LogP contribution in [0.4, 0.5) is 5.69 Å². The summed E-state index contributed by atoms with van der Waals surface area (Å²) in [7, 11) is 0. The van der Waals surface area contributed by atoms with Crippen molar-refractivity contribution in [2.24, 2.45) is 5.73 Å². The molecule has 0 bridgehead atoms. The smallest absolute Gasteiger partial charge is 0.226 e. The lowest BCUT2D eigenvalue weighted by Gasteiger charge is -2.05. The molecule has 19 heavy (non-hydrogen) atoms. The molecule has 1 aromatic rings. The molecule has 0 atom stereocenters. The summed E-state index contributed by atoms with van der Waals surface area (Å²) in [6.45, 7) is 0.630.